The number of hydrogen-bond acceptors (Lipinski definition) is 5. The summed E-state index contributed by atoms with van der Waals surface area (Å²) < 4.78 is 16.6. The molecule has 31 heavy (non-hydrogen) atoms. The lowest BCUT2D eigenvalue weighted by molar-refractivity contribution is 0.220. The third kappa shape index (κ3) is 3.94. The molecule has 1 N–H and O–H groups in total. The van der Waals surface area contributed by atoms with Crippen molar-refractivity contribution in [2.45, 2.75) is 44.6 Å². The van der Waals surface area contributed by atoms with E-state index in [4.69, 9.17) is 4.98 Å². The highest BCUT2D eigenvalue weighted by Crippen LogP contribution is 2.33. The number of aryl methyl sites for hydroxylation is 1. The number of likely N-dealkylation sites (tertiary alicyclic amines) is 1. The summed E-state index contributed by atoms with van der Waals surface area (Å²) in [5, 5.41) is 3.85. The summed E-state index contributed by atoms with van der Waals surface area (Å²) in [5.41, 5.74) is 2.57. The molecule has 0 bridgehead atoms. The van der Waals surface area contributed by atoms with Gasteiger partial charge >= 0.3 is 0 Å². The molecule has 0 radical (unpaired) electrons. The second-order valence-corrected chi connectivity index (χ2v) is 8.77. The quantitative estimate of drug-likeness (QED) is 0.677. The molecule has 0 atom stereocenters. The summed E-state index contributed by atoms with van der Waals surface area (Å²) in [6.45, 7) is 5.26. The molecule has 2 aromatic heterocycles. The first-order chi connectivity index (χ1) is 15.0. The number of anilines is 1. The molecule has 3 aromatic rings. The highest BCUT2D eigenvalue weighted by molar-refractivity contribution is 5.91. The fraction of sp³-hybridized carbons (Fsp3) is 0.458. The predicted molar refractivity (Wildman–Crippen MR) is 121 cm³/mol. The molecule has 1 saturated heterocycles. The molecule has 7 heteroatoms. The van der Waals surface area contributed by atoms with Gasteiger partial charge in [-0.25, -0.2) is 14.4 Å². The summed E-state index contributed by atoms with van der Waals surface area (Å²) in [6.07, 6.45) is 5.62. The SMILES string of the molecule is CCN1CCC(c2ccc(-c3cc4ncn(C)c(=O)c4c(NC4CC4)n3)cc2F)CC1. The second-order valence-electron chi connectivity index (χ2n) is 8.77. The maximum atomic E-state index is 15.1. The molecule has 0 spiro atoms. The lowest BCUT2D eigenvalue weighted by atomic mass is 9.88. The Bertz CT molecular complexity index is 1180. The molecular formula is C24H28FN5O. The molecule has 162 valence electrons. The molecule has 3 heterocycles. The van der Waals surface area contributed by atoms with Crippen LogP contribution < -0.4 is 10.9 Å². The van der Waals surface area contributed by atoms with Crippen molar-refractivity contribution in [3.8, 4) is 11.3 Å². The van der Waals surface area contributed by atoms with E-state index in [1.807, 2.05) is 12.1 Å². The van der Waals surface area contributed by atoms with E-state index in [2.05, 4.69) is 22.1 Å². The van der Waals surface area contributed by atoms with Crippen LogP contribution in [-0.4, -0.2) is 45.1 Å². The van der Waals surface area contributed by atoms with Crippen LogP contribution in [0, 0.1) is 5.82 Å². The van der Waals surface area contributed by atoms with Gasteiger partial charge in [-0.1, -0.05) is 19.1 Å². The number of nitrogens with one attached hydrogen (secondary N) is 1. The molecule has 1 aromatic carbocycles. The van der Waals surface area contributed by atoms with Gasteiger partial charge in [0.15, 0.2) is 0 Å². The van der Waals surface area contributed by atoms with Gasteiger partial charge < -0.3 is 14.8 Å². The summed E-state index contributed by atoms with van der Waals surface area (Å²) >= 11 is 0. The van der Waals surface area contributed by atoms with E-state index in [0.717, 1.165) is 50.9 Å². The molecule has 1 saturated carbocycles. The largest absolute Gasteiger partial charge is 0.367 e. The highest BCUT2D eigenvalue weighted by Gasteiger charge is 2.25. The minimum absolute atomic E-state index is 0.132. The molecule has 0 unspecified atom stereocenters. The van der Waals surface area contributed by atoms with E-state index < -0.39 is 0 Å². The zero-order valence-electron chi connectivity index (χ0n) is 18.1. The number of benzene rings is 1. The second kappa shape index (κ2) is 8.04. The van der Waals surface area contributed by atoms with Crippen LogP contribution in [0.2, 0.25) is 0 Å². The maximum Gasteiger partial charge on any atom is 0.264 e. The van der Waals surface area contributed by atoms with Crippen molar-refractivity contribution in [2.75, 3.05) is 25.0 Å². The number of rotatable bonds is 5. The van der Waals surface area contributed by atoms with Crippen molar-refractivity contribution in [2.24, 2.45) is 7.05 Å². The smallest absolute Gasteiger partial charge is 0.264 e. The van der Waals surface area contributed by atoms with E-state index in [1.165, 1.54) is 10.9 Å². The number of pyridine rings is 1. The zero-order chi connectivity index (χ0) is 21.5. The van der Waals surface area contributed by atoms with E-state index >= 15 is 4.39 Å². The van der Waals surface area contributed by atoms with Crippen molar-refractivity contribution in [1.82, 2.24) is 19.4 Å². The fourth-order valence-corrected chi connectivity index (χ4v) is 4.47. The maximum absolute atomic E-state index is 15.1. The number of aromatic nitrogens is 3. The predicted octanol–water partition coefficient (Wildman–Crippen LogP) is 3.91. The number of halogens is 1. The third-order valence-corrected chi connectivity index (χ3v) is 6.59. The zero-order valence-corrected chi connectivity index (χ0v) is 18.1. The van der Waals surface area contributed by atoms with E-state index in [1.54, 1.807) is 19.2 Å². The molecule has 0 amide bonds. The van der Waals surface area contributed by atoms with Crippen LogP contribution in [0.3, 0.4) is 0 Å². The van der Waals surface area contributed by atoms with Gasteiger partial charge in [0.05, 0.1) is 17.5 Å². The van der Waals surface area contributed by atoms with Crippen LogP contribution in [0.1, 0.15) is 44.1 Å². The summed E-state index contributed by atoms with van der Waals surface area (Å²) in [5.74, 6) is 0.626. The summed E-state index contributed by atoms with van der Waals surface area (Å²) in [4.78, 5) is 24.3. The lowest BCUT2D eigenvalue weighted by Crippen LogP contribution is -2.32. The van der Waals surface area contributed by atoms with Gasteiger partial charge in [0.1, 0.15) is 17.0 Å². The Morgan fingerprint density at radius 1 is 1.16 bits per heavy atom. The van der Waals surface area contributed by atoms with E-state index in [0.29, 0.717) is 34.0 Å². The summed E-state index contributed by atoms with van der Waals surface area (Å²) in [6, 6.07) is 7.55. The van der Waals surface area contributed by atoms with Crippen LogP contribution in [-0.2, 0) is 7.05 Å². The first-order valence-electron chi connectivity index (χ1n) is 11.2. The normalized spacial score (nSPS) is 17.9. The molecule has 5 rings (SSSR count). The Morgan fingerprint density at radius 2 is 1.94 bits per heavy atom. The van der Waals surface area contributed by atoms with E-state index in [9.17, 15) is 4.79 Å². The standard InChI is InChI=1S/C24H28FN5O/c1-3-30-10-8-15(9-11-30)18-7-4-16(12-19(18)25)20-13-21-22(24(31)29(2)14-26-21)23(28-20)27-17-5-6-17/h4,7,12-15,17H,3,5-6,8-11H2,1-2H3,(H,27,28). The van der Waals surface area contributed by atoms with Crippen molar-refractivity contribution < 1.29 is 4.39 Å². The van der Waals surface area contributed by atoms with Crippen LogP contribution >= 0.6 is 0 Å². The van der Waals surface area contributed by atoms with Gasteiger partial charge in [-0.05, 0) is 68.9 Å². The minimum atomic E-state index is -0.178. The third-order valence-electron chi connectivity index (χ3n) is 6.59. The van der Waals surface area contributed by atoms with Gasteiger partial charge in [-0.2, -0.15) is 0 Å². The van der Waals surface area contributed by atoms with Crippen LogP contribution in [0.15, 0.2) is 35.4 Å². The number of hydrogen-bond donors (Lipinski definition) is 1. The number of nitrogens with zero attached hydrogens (tertiary/aromatic N) is 4. The monoisotopic (exact) mass is 421 g/mol. The van der Waals surface area contributed by atoms with Crippen molar-refractivity contribution >= 4 is 16.7 Å². The van der Waals surface area contributed by atoms with Crippen molar-refractivity contribution in [3.63, 3.8) is 0 Å². The van der Waals surface area contributed by atoms with Gasteiger partial charge in [0.2, 0.25) is 0 Å². The van der Waals surface area contributed by atoms with Gasteiger partial charge in [-0.15, -0.1) is 0 Å². The average Bonchev–Trinajstić information content (AvgIpc) is 3.60. The van der Waals surface area contributed by atoms with Crippen LogP contribution in [0.5, 0.6) is 0 Å². The molecule has 2 aliphatic rings. The Morgan fingerprint density at radius 3 is 2.61 bits per heavy atom. The molecule has 2 fully saturated rings. The molecule has 6 nitrogen and oxygen atoms in total. The summed E-state index contributed by atoms with van der Waals surface area (Å²) in [7, 11) is 1.68. The van der Waals surface area contributed by atoms with E-state index in [-0.39, 0.29) is 17.3 Å². The van der Waals surface area contributed by atoms with Gasteiger partial charge in [0, 0.05) is 18.7 Å². The Labute approximate surface area is 181 Å². The first-order valence-corrected chi connectivity index (χ1v) is 11.2. The van der Waals surface area contributed by atoms with Gasteiger partial charge in [-0.3, -0.25) is 4.79 Å². The average molecular weight is 422 g/mol. The Kier molecular flexibility index (Phi) is 5.22. The lowest BCUT2D eigenvalue weighted by Gasteiger charge is -2.31. The van der Waals surface area contributed by atoms with Crippen molar-refractivity contribution in [1.29, 1.82) is 0 Å². The highest BCUT2D eigenvalue weighted by atomic mass is 19.1. The van der Waals surface area contributed by atoms with Crippen LogP contribution in [0.25, 0.3) is 22.2 Å². The Balaban J connectivity index is 1.51. The molecule has 1 aliphatic heterocycles. The number of piperidine rings is 1. The first kappa shape index (κ1) is 20.1. The van der Waals surface area contributed by atoms with Crippen LogP contribution in [0.4, 0.5) is 10.2 Å². The topological polar surface area (TPSA) is 63.1 Å². The van der Waals surface area contributed by atoms with Gasteiger partial charge in [0.25, 0.3) is 5.56 Å². The molecule has 1 aliphatic carbocycles. The molecular weight excluding hydrogens is 393 g/mol. The Hall–Kier alpha value is -2.80. The minimum Gasteiger partial charge on any atom is -0.367 e. The number of fused-ring (bicyclic) bond motifs is 1. The van der Waals surface area contributed by atoms with Crippen molar-refractivity contribution in [3.05, 3.63) is 52.3 Å². The fourth-order valence-electron chi connectivity index (χ4n) is 4.47.